The van der Waals surface area contributed by atoms with Gasteiger partial charge < -0.3 is 14.4 Å². The topological polar surface area (TPSA) is 53.7 Å². The zero-order valence-electron chi connectivity index (χ0n) is 11.5. The molecule has 0 saturated carbocycles. The molecule has 1 aromatic heterocycles. The highest BCUT2D eigenvalue weighted by Gasteiger charge is 2.24. The number of furan rings is 1. The third kappa shape index (κ3) is 3.15. The molecule has 2 rings (SSSR count). The number of carbonyl (C=O) groups is 1. The molecule has 19 heavy (non-hydrogen) atoms. The number of rotatable bonds is 4. The minimum absolute atomic E-state index is 0.194. The lowest BCUT2D eigenvalue weighted by molar-refractivity contribution is 0.0299. The van der Waals surface area contributed by atoms with Crippen molar-refractivity contribution >= 4 is 16.9 Å². The average molecular weight is 261 g/mol. The van der Waals surface area contributed by atoms with Gasteiger partial charge in [-0.3, -0.25) is 4.79 Å². The molecule has 0 aliphatic carbocycles. The second kappa shape index (κ2) is 5.05. The van der Waals surface area contributed by atoms with E-state index in [0.29, 0.717) is 17.9 Å². The van der Waals surface area contributed by atoms with Gasteiger partial charge in [0.25, 0.3) is 5.91 Å². The predicted molar refractivity (Wildman–Crippen MR) is 74.1 cm³/mol. The lowest BCUT2D eigenvalue weighted by Gasteiger charge is -2.27. The molecule has 1 aromatic carbocycles. The van der Waals surface area contributed by atoms with E-state index in [-0.39, 0.29) is 12.5 Å². The number of amides is 1. The van der Waals surface area contributed by atoms with E-state index >= 15 is 0 Å². The van der Waals surface area contributed by atoms with Crippen LogP contribution >= 0.6 is 0 Å². The fourth-order valence-electron chi connectivity index (χ4n) is 2.04. The van der Waals surface area contributed by atoms with Crippen LogP contribution in [0, 0.1) is 0 Å². The monoisotopic (exact) mass is 261 g/mol. The van der Waals surface area contributed by atoms with Gasteiger partial charge >= 0.3 is 0 Å². The van der Waals surface area contributed by atoms with E-state index in [1.807, 2.05) is 31.2 Å². The molecule has 1 heterocycles. The van der Waals surface area contributed by atoms with Gasteiger partial charge in [0.2, 0.25) is 0 Å². The van der Waals surface area contributed by atoms with Gasteiger partial charge in [-0.1, -0.05) is 18.2 Å². The van der Waals surface area contributed by atoms with Crippen LogP contribution in [-0.2, 0) is 0 Å². The first-order valence-corrected chi connectivity index (χ1v) is 6.41. The molecule has 102 valence electrons. The van der Waals surface area contributed by atoms with Crippen LogP contribution in [0.3, 0.4) is 0 Å². The van der Waals surface area contributed by atoms with E-state index < -0.39 is 5.60 Å². The molecule has 0 bridgehead atoms. The van der Waals surface area contributed by atoms with Gasteiger partial charge in [-0.05, 0) is 32.9 Å². The van der Waals surface area contributed by atoms with Gasteiger partial charge in [0, 0.05) is 18.5 Å². The molecule has 0 spiro atoms. The number of aliphatic hydroxyl groups is 1. The smallest absolute Gasteiger partial charge is 0.289 e. The summed E-state index contributed by atoms with van der Waals surface area (Å²) in [5.74, 6) is 0.119. The van der Waals surface area contributed by atoms with Crippen LogP contribution < -0.4 is 0 Å². The second-order valence-corrected chi connectivity index (χ2v) is 5.28. The number of benzene rings is 1. The molecule has 2 aromatic rings. The fraction of sp³-hybridized carbons (Fsp3) is 0.400. The highest BCUT2D eigenvalue weighted by atomic mass is 16.3. The number of para-hydroxylation sites is 1. The minimum Gasteiger partial charge on any atom is -0.451 e. The lowest BCUT2D eigenvalue weighted by atomic mass is 10.1. The Morgan fingerprint density at radius 2 is 2.05 bits per heavy atom. The summed E-state index contributed by atoms with van der Waals surface area (Å²) in [5.41, 5.74) is -0.220. The summed E-state index contributed by atoms with van der Waals surface area (Å²) in [6.07, 6.45) is 0. The van der Waals surface area contributed by atoms with E-state index in [9.17, 15) is 9.90 Å². The molecule has 4 heteroatoms. The molecule has 0 saturated heterocycles. The Hall–Kier alpha value is -1.81. The molecule has 4 nitrogen and oxygen atoms in total. The van der Waals surface area contributed by atoms with Gasteiger partial charge in [0.15, 0.2) is 5.76 Å². The Bertz CT molecular complexity index is 547. The zero-order chi connectivity index (χ0) is 14.0. The maximum atomic E-state index is 12.3. The first-order chi connectivity index (χ1) is 8.90. The van der Waals surface area contributed by atoms with Gasteiger partial charge in [-0.25, -0.2) is 0 Å². The third-order valence-corrected chi connectivity index (χ3v) is 2.88. The standard InChI is InChI=1S/C15H19NO3/c1-4-16(10-15(2,3)18)14(17)13-9-11-7-5-6-8-12(11)19-13/h5-9,18H,4,10H2,1-3H3. The molecular weight excluding hydrogens is 242 g/mol. The molecule has 0 fully saturated rings. The van der Waals surface area contributed by atoms with Crippen molar-refractivity contribution in [3.05, 3.63) is 36.1 Å². The molecular formula is C15H19NO3. The Morgan fingerprint density at radius 3 is 2.63 bits per heavy atom. The number of likely N-dealkylation sites (N-methyl/N-ethyl adjacent to an activating group) is 1. The van der Waals surface area contributed by atoms with E-state index in [4.69, 9.17) is 4.42 Å². The molecule has 0 aliphatic heterocycles. The number of nitrogens with zero attached hydrogens (tertiary/aromatic N) is 1. The van der Waals surface area contributed by atoms with E-state index in [1.54, 1.807) is 24.8 Å². The number of hydrogen-bond acceptors (Lipinski definition) is 3. The number of carbonyl (C=O) groups excluding carboxylic acids is 1. The summed E-state index contributed by atoms with van der Waals surface area (Å²) in [5, 5.41) is 10.7. The van der Waals surface area contributed by atoms with Crippen LogP contribution in [-0.4, -0.2) is 34.6 Å². The zero-order valence-corrected chi connectivity index (χ0v) is 11.5. The van der Waals surface area contributed by atoms with Crippen molar-refractivity contribution in [1.29, 1.82) is 0 Å². The molecule has 1 amide bonds. The molecule has 0 aliphatic rings. The van der Waals surface area contributed by atoms with E-state index in [0.717, 1.165) is 5.39 Å². The van der Waals surface area contributed by atoms with Gasteiger partial charge in [-0.15, -0.1) is 0 Å². The lowest BCUT2D eigenvalue weighted by Crippen LogP contribution is -2.42. The largest absolute Gasteiger partial charge is 0.451 e. The van der Waals surface area contributed by atoms with E-state index in [2.05, 4.69) is 0 Å². The first-order valence-electron chi connectivity index (χ1n) is 6.41. The molecule has 1 N–H and O–H groups in total. The SMILES string of the molecule is CCN(CC(C)(C)O)C(=O)c1cc2ccccc2o1. The van der Waals surface area contributed by atoms with Crippen LogP contribution in [0.2, 0.25) is 0 Å². The van der Waals surface area contributed by atoms with Crippen LogP contribution in [0.25, 0.3) is 11.0 Å². The Balaban J connectivity index is 2.26. The van der Waals surface area contributed by atoms with Crippen LogP contribution in [0.1, 0.15) is 31.3 Å². The Morgan fingerprint density at radius 1 is 1.37 bits per heavy atom. The molecule has 0 atom stereocenters. The fourth-order valence-corrected chi connectivity index (χ4v) is 2.04. The summed E-state index contributed by atoms with van der Waals surface area (Å²) < 4.78 is 5.55. The Labute approximate surface area is 112 Å². The molecule has 0 unspecified atom stereocenters. The summed E-state index contributed by atoms with van der Waals surface area (Å²) in [4.78, 5) is 13.9. The average Bonchev–Trinajstić information content (AvgIpc) is 2.77. The van der Waals surface area contributed by atoms with Crippen molar-refractivity contribution in [3.8, 4) is 0 Å². The van der Waals surface area contributed by atoms with Gasteiger partial charge in [-0.2, -0.15) is 0 Å². The van der Waals surface area contributed by atoms with Crippen molar-refractivity contribution in [1.82, 2.24) is 4.90 Å². The highest BCUT2D eigenvalue weighted by Crippen LogP contribution is 2.20. The minimum atomic E-state index is -0.919. The van der Waals surface area contributed by atoms with Crippen molar-refractivity contribution in [3.63, 3.8) is 0 Å². The van der Waals surface area contributed by atoms with Crippen molar-refractivity contribution in [2.45, 2.75) is 26.4 Å². The van der Waals surface area contributed by atoms with Crippen LogP contribution in [0.5, 0.6) is 0 Å². The number of hydrogen-bond donors (Lipinski definition) is 1. The van der Waals surface area contributed by atoms with Crippen molar-refractivity contribution < 1.29 is 14.3 Å². The van der Waals surface area contributed by atoms with Crippen molar-refractivity contribution in [2.24, 2.45) is 0 Å². The summed E-state index contributed by atoms with van der Waals surface area (Å²) in [6, 6.07) is 9.25. The van der Waals surface area contributed by atoms with Crippen LogP contribution in [0.4, 0.5) is 0 Å². The Kier molecular flexibility index (Phi) is 3.62. The maximum Gasteiger partial charge on any atom is 0.289 e. The van der Waals surface area contributed by atoms with Gasteiger partial charge in [0.1, 0.15) is 5.58 Å². The summed E-state index contributed by atoms with van der Waals surface area (Å²) in [7, 11) is 0. The third-order valence-electron chi connectivity index (χ3n) is 2.88. The summed E-state index contributed by atoms with van der Waals surface area (Å²) >= 11 is 0. The highest BCUT2D eigenvalue weighted by molar-refractivity contribution is 5.96. The first kappa shape index (κ1) is 13.6. The number of fused-ring (bicyclic) bond motifs is 1. The quantitative estimate of drug-likeness (QED) is 0.920. The predicted octanol–water partition coefficient (Wildman–Crippen LogP) is 2.67. The normalized spacial score (nSPS) is 11.8. The second-order valence-electron chi connectivity index (χ2n) is 5.28. The van der Waals surface area contributed by atoms with Crippen LogP contribution in [0.15, 0.2) is 34.7 Å². The molecule has 0 radical (unpaired) electrons. The summed E-state index contributed by atoms with van der Waals surface area (Å²) in [6.45, 7) is 6.05. The van der Waals surface area contributed by atoms with E-state index in [1.165, 1.54) is 0 Å². The van der Waals surface area contributed by atoms with Crippen molar-refractivity contribution in [2.75, 3.05) is 13.1 Å². The maximum absolute atomic E-state index is 12.3. The van der Waals surface area contributed by atoms with Gasteiger partial charge in [0.05, 0.1) is 5.60 Å².